The lowest BCUT2D eigenvalue weighted by Crippen LogP contribution is -2.08. The summed E-state index contributed by atoms with van der Waals surface area (Å²) in [6.45, 7) is 4.00. The molecule has 0 spiro atoms. The monoisotopic (exact) mass is 227 g/mol. The molecule has 5 heteroatoms. The molecule has 0 radical (unpaired) electrons. The van der Waals surface area contributed by atoms with Crippen LogP contribution >= 0.6 is 0 Å². The van der Waals surface area contributed by atoms with Gasteiger partial charge in [-0.15, -0.1) is 0 Å². The molecule has 4 N–H and O–H groups in total. The zero-order valence-electron chi connectivity index (χ0n) is 10.0. The van der Waals surface area contributed by atoms with Crippen molar-refractivity contribution in [2.45, 2.75) is 13.8 Å². The van der Waals surface area contributed by atoms with E-state index < -0.39 is 5.82 Å². The molecule has 0 aliphatic rings. The standard InChI is InChI=1S/C9H12FN3O.C2H6/c1-13-8-6(9(12)14-2)3-5(11)4-7(8)10;1-2/h3-4,12-13H,11H2,1-2H3;1-2H3. The van der Waals surface area contributed by atoms with E-state index in [1.54, 1.807) is 7.05 Å². The summed E-state index contributed by atoms with van der Waals surface area (Å²) in [4.78, 5) is 0. The largest absolute Gasteiger partial charge is 0.481 e. The minimum atomic E-state index is -0.496. The predicted octanol–water partition coefficient (Wildman–Crippen LogP) is 2.45. The number of nitrogen functional groups attached to an aromatic ring is 1. The van der Waals surface area contributed by atoms with Crippen LogP contribution in [0.15, 0.2) is 12.1 Å². The van der Waals surface area contributed by atoms with Gasteiger partial charge in [-0.1, -0.05) is 13.8 Å². The van der Waals surface area contributed by atoms with Gasteiger partial charge in [-0.25, -0.2) is 4.39 Å². The summed E-state index contributed by atoms with van der Waals surface area (Å²) >= 11 is 0. The molecule has 0 bridgehead atoms. The highest BCUT2D eigenvalue weighted by Crippen LogP contribution is 2.23. The van der Waals surface area contributed by atoms with E-state index in [1.807, 2.05) is 13.8 Å². The van der Waals surface area contributed by atoms with Crippen LogP contribution in [0.25, 0.3) is 0 Å². The lowest BCUT2D eigenvalue weighted by molar-refractivity contribution is 0.401. The maximum Gasteiger partial charge on any atom is 0.215 e. The van der Waals surface area contributed by atoms with Gasteiger partial charge in [-0.05, 0) is 12.1 Å². The lowest BCUT2D eigenvalue weighted by atomic mass is 10.1. The average Bonchev–Trinajstić information content (AvgIpc) is 2.29. The van der Waals surface area contributed by atoms with Gasteiger partial charge in [0.15, 0.2) is 0 Å². The van der Waals surface area contributed by atoms with Gasteiger partial charge in [0.1, 0.15) is 5.82 Å². The smallest absolute Gasteiger partial charge is 0.215 e. The summed E-state index contributed by atoms with van der Waals surface area (Å²) in [5.74, 6) is -0.621. The van der Waals surface area contributed by atoms with Gasteiger partial charge in [0.05, 0.1) is 18.4 Å². The van der Waals surface area contributed by atoms with Crippen molar-refractivity contribution in [2.75, 3.05) is 25.2 Å². The molecule has 0 saturated heterocycles. The van der Waals surface area contributed by atoms with E-state index in [0.29, 0.717) is 5.56 Å². The first-order valence-corrected chi connectivity index (χ1v) is 4.99. The SMILES string of the molecule is CC.CNc1c(F)cc(N)cc1C(=N)OC. The second-order valence-electron chi connectivity index (χ2n) is 2.71. The zero-order chi connectivity index (χ0) is 12.7. The molecule has 1 rings (SSSR count). The van der Waals surface area contributed by atoms with E-state index in [0.717, 1.165) is 0 Å². The van der Waals surface area contributed by atoms with Crippen LogP contribution < -0.4 is 11.1 Å². The van der Waals surface area contributed by atoms with E-state index >= 15 is 0 Å². The molecule has 0 amide bonds. The van der Waals surface area contributed by atoms with Gasteiger partial charge in [-0.2, -0.15) is 0 Å². The molecular formula is C11H18FN3O. The molecule has 1 aromatic rings. The molecule has 0 aliphatic carbocycles. The third-order valence-corrected chi connectivity index (χ3v) is 1.81. The molecule has 0 heterocycles. The van der Waals surface area contributed by atoms with Crippen LogP contribution in [0.4, 0.5) is 15.8 Å². The van der Waals surface area contributed by atoms with Crippen molar-refractivity contribution < 1.29 is 9.13 Å². The second-order valence-corrected chi connectivity index (χ2v) is 2.71. The highest BCUT2D eigenvalue weighted by Gasteiger charge is 2.12. The number of methoxy groups -OCH3 is 1. The quantitative estimate of drug-likeness (QED) is 0.413. The van der Waals surface area contributed by atoms with Crippen LogP contribution in [0.1, 0.15) is 19.4 Å². The van der Waals surface area contributed by atoms with Crippen LogP contribution in [0.5, 0.6) is 0 Å². The third kappa shape index (κ3) is 3.12. The van der Waals surface area contributed by atoms with Gasteiger partial charge >= 0.3 is 0 Å². The Morgan fingerprint density at radius 1 is 1.44 bits per heavy atom. The van der Waals surface area contributed by atoms with Crippen LogP contribution in [0.3, 0.4) is 0 Å². The summed E-state index contributed by atoms with van der Waals surface area (Å²) in [5.41, 5.74) is 6.24. The summed E-state index contributed by atoms with van der Waals surface area (Å²) in [5, 5.41) is 10.1. The number of ether oxygens (including phenoxy) is 1. The fourth-order valence-corrected chi connectivity index (χ4v) is 1.17. The number of nitrogens with two attached hydrogens (primary N) is 1. The number of anilines is 2. The van der Waals surface area contributed by atoms with Crippen LogP contribution in [-0.2, 0) is 4.74 Å². The van der Waals surface area contributed by atoms with E-state index in [2.05, 4.69) is 5.32 Å². The molecule has 0 fully saturated rings. The minimum Gasteiger partial charge on any atom is -0.481 e. The Morgan fingerprint density at radius 2 is 2.00 bits per heavy atom. The first-order valence-electron chi connectivity index (χ1n) is 4.99. The average molecular weight is 227 g/mol. The number of halogens is 1. The van der Waals surface area contributed by atoms with Gasteiger partial charge in [0, 0.05) is 12.7 Å². The van der Waals surface area contributed by atoms with Crippen LogP contribution in [0, 0.1) is 11.2 Å². The number of hydrogen-bond acceptors (Lipinski definition) is 4. The van der Waals surface area contributed by atoms with Crippen molar-refractivity contribution in [3.05, 3.63) is 23.5 Å². The molecule has 16 heavy (non-hydrogen) atoms. The molecule has 1 aromatic carbocycles. The Hall–Kier alpha value is -1.78. The van der Waals surface area contributed by atoms with E-state index in [-0.39, 0.29) is 17.3 Å². The molecule has 0 atom stereocenters. The minimum absolute atomic E-state index is 0.124. The third-order valence-electron chi connectivity index (χ3n) is 1.81. The first-order chi connectivity index (χ1) is 7.60. The number of rotatable bonds is 2. The van der Waals surface area contributed by atoms with Crippen molar-refractivity contribution in [3.63, 3.8) is 0 Å². The fraction of sp³-hybridized carbons (Fsp3) is 0.364. The Balaban J connectivity index is 0.00000106. The van der Waals surface area contributed by atoms with Crippen molar-refractivity contribution in [2.24, 2.45) is 0 Å². The summed E-state index contributed by atoms with van der Waals surface area (Å²) < 4.78 is 18.0. The topological polar surface area (TPSA) is 71.1 Å². The van der Waals surface area contributed by atoms with Crippen molar-refractivity contribution in [1.82, 2.24) is 0 Å². The predicted molar refractivity (Wildman–Crippen MR) is 65.5 cm³/mol. The van der Waals surface area contributed by atoms with Crippen molar-refractivity contribution in [1.29, 1.82) is 5.41 Å². The van der Waals surface area contributed by atoms with Crippen LogP contribution in [0.2, 0.25) is 0 Å². The molecule has 0 unspecified atom stereocenters. The van der Waals surface area contributed by atoms with Gasteiger partial charge in [0.2, 0.25) is 5.90 Å². The molecular weight excluding hydrogens is 209 g/mol. The Bertz CT molecular complexity index is 366. The number of benzene rings is 1. The zero-order valence-corrected chi connectivity index (χ0v) is 10.0. The van der Waals surface area contributed by atoms with E-state index in [9.17, 15) is 4.39 Å². The second kappa shape index (κ2) is 6.66. The van der Waals surface area contributed by atoms with Crippen molar-refractivity contribution in [3.8, 4) is 0 Å². The van der Waals surface area contributed by atoms with E-state index in [1.165, 1.54) is 19.2 Å². The Labute approximate surface area is 95.1 Å². The summed E-state index contributed by atoms with van der Waals surface area (Å²) in [7, 11) is 2.92. The fourth-order valence-electron chi connectivity index (χ4n) is 1.17. The molecule has 90 valence electrons. The maximum absolute atomic E-state index is 13.3. The lowest BCUT2D eigenvalue weighted by Gasteiger charge is -2.11. The Morgan fingerprint density at radius 3 is 2.44 bits per heavy atom. The van der Waals surface area contributed by atoms with E-state index in [4.69, 9.17) is 15.9 Å². The summed E-state index contributed by atoms with van der Waals surface area (Å²) in [6, 6.07) is 2.68. The molecule has 0 aromatic heterocycles. The molecule has 0 aliphatic heterocycles. The van der Waals surface area contributed by atoms with Gasteiger partial charge < -0.3 is 15.8 Å². The van der Waals surface area contributed by atoms with Gasteiger partial charge in [-0.3, -0.25) is 5.41 Å². The normalized spacial score (nSPS) is 8.81. The maximum atomic E-state index is 13.3. The van der Waals surface area contributed by atoms with Gasteiger partial charge in [0.25, 0.3) is 0 Å². The Kier molecular flexibility index (Phi) is 5.92. The highest BCUT2D eigenvalue weighted by atomic mass is 19.1. The number of hydrogen-bond donors (Lipinski definition) is 3. The molecule has 4 nitrogen and oxygen atoms in total. The van der Waals surface area contributed by atoms with Crippen LogP contribution in [-0.4, -0.2) is 20.1 Å². The highest BCUT2D eigenvalue weighted by molar-refractivity contribution is 5.98. The first kappa shape index (κ1) is 14.2. The number of nitrogens with one attached hydrogen (secondary N) is 2. The van der Waals surface area contributed by atoms with Crippen molar-refractivity contribution >= 4 is 17.3 Å². The summed E-state index contributed by atoms with van der Waals surface area (Å²) in [6.07, 6.45) is 0. The molecule has 0 saturated carbocycles.